The zero-order valence-electron chi connectivity index (χ0n) is 13.8. The van der Waals surface area contributed by atoms with Gasteiger partial charge in [0.25, 0.3) is 0 Å². The van der Waals surface area contributed by atoms with Crippen LogP contribution in [0.2, 0.25) is 0 Å². The smallest absolute Gasteiger partial charge is 0.317 e. The van der Waals surface area contributed by atoms with Crippen LogP contribution >= 0.6 is 0 Å². The molecule has 0 bridgehead atoms. The Morgan fingerprint density at radius 2 is 2.05 bits per heavy atom. The molecule has 0 aromatic heterocycles. The maximum Gasteiger partial charge on any atom is 0.317 e. The van der Waals surface area contributed by atoms with Crippen molar-refractivity contribution in [3.63, 3.8) is 0 Å². The molecule has 5 heteroatoms. The van der Waals surface area contributed by atoms with Gasteiger partial charge in [0, 0.05) is 26.2 Å². The zero-order valence-corrected chi connectivity index (χ0v) is 13.8. The molecule has 1 aliphatic carbocycles. The molecule has 2 rings (SSSR count). The van der Waals surface area contributed by atoms with Crippen LogP contribution in [0.25, 0.3) is 0 Å². The van der Waals surface area contributed by atoms with Gasteiger partial charge in [-0.2, -0.15) is 0 Å². The number of carbonyl (C=O) groups excluding carboxylic acids is 1. The van der Waals surface area contributed by atoms with Crippen molar-refractivity contribution < 1.29 is 9.53 Å². The molecule has 1 heterocycles. The fourth-order valence-electron chi connectivity index (χ4n) is 3.51. The maximum absolute atomic E-state index is 11.5. The van der Waals surface area contributed by atoms with Gasteiger partial charge in [0.15, 0.2) is 0 Å². The molecular weight excluding hydrogens is 266 g/mol. The highest BCUT2D eigenvalue weighted by molar-refractivity contribution is 5.76. The van der Waals surface area contributed by atoms with Crippen molar-refractivity contribution in [2.45, 2.75) is 52.1 Å². The van der Waals surface area contributed by atoms with E-state index in [-0.39, 0.29) is 11.6 Å². The summed E-state index contributed by atoms with van der Waals surface area (Å²) in [5.41, 5.74) is 6.20. The van der Waals surface area contributed by atoms with Crippen molar-refractivity contribution in [1.82, 2.24) is 10.2 Å². The van der Waals surface area contributed by atoms with Crippen LogP contribution in [0.3, 0.4) is 0 Å². The van der Waals surface area contributed by atoms with Gasteiger partial charge in [-0.1, -0.05) is 20.8 Å². The summed E-state index contributed by atoms with van der Waals surface area (Å²) in [7, 11) is 0. The van der Waals surface area contributed by atoms with E-state index in [1.165, 1.54) is 12.8 Å². The first kappa shape index (κ1) is 16.6. The number of urea groups is 1. The highest BCUT2D eigenvalue weighted by Gasteiger charge is 2.38. The summed E-state index contributed by atoms with van der Waals surface area (Å²) >= 11 is 0. The first-order valence-corrected chi connectivity index (χ1v) is 8.23. The van der Waals surface area contributed by atoms with Crippen LogP contribution in [-0.4, -0.2) is 49.3 Å². The lowest BCUT2D eigenvalue weighted by Crippen LogP contribution is -2.46. The van der Waals surface area contributed by atoms with Gasteiger partial charge in [-0.3, -0.25) is 0 Å². The van der Waals surface area contributed by atoms with E-state index in [2.05, 4.69) is 26.1 Å². The first-order chi connectivity index (χ1) is 9.86. The summed E-state index contributed by atoms with van der Waals surface area (Å²) in [5, 5.41) is 2.81. The highest BCUT2D eigenvalue weighted by atomic mass is 16.5. The summed E-state index contributed by atoms with van der Waals surface area (Å²) in [4.78, 5) is 13.3. The van der Waals surface area contributed by atoms with Gasteiger partial charge in [0.05, 0.1) is 12.2 Å². The number of amides is 2. The summed E-state index contributed by atoms with van der Waals surface area (Å²) in [6.07, 6.45) is 4.45. The molecule has 3 N–H and O–H groups in total. The number of nitrogens with one attached hydrogen (secondary N) is 1. The molecule has 0 spiro atoms. The van der Waals surface area contributed by atoms with Crippen molar-refractivity contribution in [3.8, 4) is 0 Å². The van der Waals surface area contributed by atoms with Crippen molar-refractivity contribution in [2.24, 2.45) is 17.1 Å². The number of ether oxygens (including phenoxy) is 1. The van der Waals surface area contributed by atoms with Crippen LogP contribution in [0.1, 0.15) is 46.5 Å². The third kappa shape index (κ3) is 4.10. The molecule has 0 aromatic rings. The Labute approximate surface area is 128 Å². The highest BCUT2D eigenvalue weighted by Crippen LogP contribution is 2.42. The molecule has 0 aromatic carbocycles. The van der Waals surface area contributed by atoms with E-state index in [0.717, 1.165) is 31.8 Å². The number of hydrogen-bond donors (Lipinski definition) is 2. The van der Waals surface area contributed by atoms with E-state index in [1.807, 2.05) is 4.90 Å². The van der Waals surface area contributed by atoms with Gasteiger partial charge < -0.3 is 20.7 Å². The third-order valence-corrected chi connectivity index (χ3v) is 5.21. The van der Waals surface area contributed by atoms with E-state index < -0.39 is 0 Å². The van der Waals surface area contributed by atoms with Crippen molar-refractivity contribution >= 4 is 6.03 Å². The van der Waals surface area contributed by atoms with Crippen LogP contribution in [0.15, 0.2) is 0 Å². The molecule has 2 amide bonds. The second kappa shape index (κ2) is 6.53. The van der Waals surface area contributed by atoms with E-state index in [1.54, 1.807) is 0 Å². The Morgan fingerprint density at radius 3 is 2.52 bits per heavy atom. The summed E-state index contributed by atoms with van der Waals surface area (Å²) in [5.74, 6) is 0.755. The summed E-state index contributed by atoms with van der Waals surface area (Å²) in [6, 6.07) is 0.0249. The average molecular weight is 297 g/mol. The fourth-order valence-corrected chi connectivity index (χ4v) is 3.51. The molecule has 5 nitrogen and oxygen atoms in total. The van der Waals surface area contributed by atoms with Crippen LogP contribution in [0, 0.1) is 11.3 Å². The number of hydrogen-bond acceptors (Lipinski definition) is 3. The van der Waals surface area contributed by atoms with Gasteiger partial charge in [-0.25, -0.2) is 4.79 Å². The largest absolute Gasteiger partial charge is 0.372 e. The van der Waals surface area contributed by atoms with Gasteiger partial charge in [0.1, 0.15) is 0 Å². The van der Waals surface area contributed by atoms with Crippen LogP contribution < -0.4 is 11.1 Å². The molecule has 1 saturated carbocycles. The van der Waals surface area contributed by atoms with E-state index >= 15 is 0 Å². The van der Waals surface area contributed by atoms with Gasteiger partial charge in [-0.05, 0) is 37.0 Å². The first-order valence-electron chi connectivity index (χ1n) is 8.23. The van der Waals surface area contributed by atoms with Gasteiger partial charge in [-0.15, -0.1) is 0 Å². The van der Waals surface area contributed by atoms with E-state index in [4.69, 9.17) is 10.5 Å². The fraction of sp³-hybridized carbons (Fsp3) is 0.938. The molecule has 1 aliphatic heterocycles. The normalized spacial score (nSPS) is 30.6. The molecule has 21 heavy (non-hydrogen) atoms. The molecule has 0 radical (unpaired) electrons. The Kier molecular flexibility index (Phi) is 5.15. The topological polar surface area (TPSA) is 67.6 Å². The van der Waals surface area contributed by atoms with Crippen LogP contribution in [0.5, 0.6) is 0 Å². The lowest BCUT2D eigenvalue weighted by atomic mass is 9.68. The minimum Gasteiger partial charge on any atom is -0.372 e. The second-order valence-corrected chi connectivity index (χ2v) is 7.59. The van der Waals surface area contributed by atoms with Gasteiger partial charge >= 0.3 is 6.03 Å². The third-order valence-electron chi connectivity index (χ3n) is 5.21. The van der Waals surface area contributed by atoms with Crippen LogP contribution in [-0.2, 0) is 4.74 Å². The molecule has 122 valence electrons. The second-order valence-electron chi connectivity index (χ2n) is 7.59. The number of nitrogens with two attached hydrogens (primary N) is 1. The minimum atomic E-state index is -0.169. The van der Waals surface area contributed by atoms with Crippen molar-refractivity contribution in [3.05, 3.63) is 0 Å². The summed E-state index contributed by atoms with van der Waals surface area (Å²) in [6.45, 7) is 10.3. The Hall–Kier alpha value is -0.810. The summed E-state index contributed by atoms with van der Waals surface area (Å²) < 4.78 is 6.14. The standard InChI is InChI=1S/C16H31N3O2/c1-15(2,3)13-4-6-16(12-17,7-5-13)21-11-10-19-9-8-18-14(19)20/h13H,4-12,17H2,1-3H3,(H,18,20). The quantitative estimate of drug-likeness (QED) is 0.815. The van der Waals surface area contributed by atoms with Crippen molar-refractivity contribution in [1.29, 1.82) is 0 Å². The SMILES string of the molecule is CC(C)(C)C1CCC(CN)(OCCN2CCNC2=O)CC1. The molecule has 2 fully saturated rings. The van der Waals surface area contributed by atoms with E-state index in [9.17, 15) is 4.79 Å². The predicted octanol–water partition coefficient (Wildman–Crippen LogP) is 1.96. The number of carbonyl (C=O) groups is 1. The zero-order chi connectivity index (χ0) is 15.5. The Balaban J connectivity index is 1.79. The molecule has 1 saturated heterocycles. The lowest BCUT2D eigenvalue weighted by molar-refractivity contribution is -0.0819. The lowest BCUT2D eigenvalue weighted by Gasteiger charge is -2.43. The number of nitrogens with zero attached hydrogens (tertiary/aromatic N) is 1. The minimum absolute atomic E-state index is 0.0249. The molecule has 2 aliphatic rings. The molecule has 0 unspecified atom stereocenters. The predicted molar refractivity (Wildman–Crippen MR) is 84.1 cm³/mol. The maximum atomic E-state index is 11.5. The van der Waals surface area contributed by atoms with Crippen LogP contribution in [0.4, 0.5) is 4.79 Å². The van der Waals surface area contributed by atoms with E-state index in [0.29, 0.717) is 25.1 Å². The van der Waals surface area contributed by atoms with Crippen molar-refractivity contribution in [2.75, 3.05) is 32.8 Å². The monoisotopic (exact) mass is 297 g/mol. The Bertz CT molecular complexity index is 357. The van der Waals surface area contributed by atoms with Gasteiger partial charge in [0.2, 0.25) is 0 Å². The molecular formula is C16H31N3O2. The average Bonchev–Trinajstić information content (AvgIpc) is 2.84. The number of rotatable bonds is 5. The molecule has 0 atom stereocenters. The Morgan fingerprint density at radius 1 is 1.38 bits per heavy atom.